The Labute approximate surface area is 138 Å². The lowest BCUT2D eigenvalue weighted by atomic mass is 10.2. The number of H-pyrrole nitrogens is 1. The summed E-state index contributed by atoms with van der Waals surface area (Å²) in [6.45, 7) is -0.112. The van der Waals surface area contributed by atoms with E-state index in [1.54, 1.807) is 0 Å². The van der Waals surface area contributed by atoms with Gasteiger partial charge < -0.3 is 14.8 Å². The largest absolute Gasteiger partial charge is 0.472 e. The van der Waals surface area contributed by atoms with E-state index in [9.17, 15) is 8.42 Å². The van der Waals surface area contributed by atoms with Crippen molar-refractivity contribution in [1.29, 1.82) is 0 Å². The van der Waals surface area contributed by atoms with E-state index in [0.717, 1.165) is 17.0 Å². The van der Waals surface area contributed by atoms with Crippen LogP contribution in [0.5, 0.6) is 5.88 Å². The number of benzene rings is 1. The second kappa shape index (κ2) is 6.81. The fraction of sp³-hybridized carbons (Fsp3) is 0.125. The summed E-state index contributed by atoms with van der Waals surface area (Å²) in [5, 5.41) is 10.0. The van der Waals surface area contributed by atoms with Gasteiger partial charge in [0, 0.05) is 11.6 Å². The zero-order valence-corrected chi connectivity index (χ0v) is 13.4. The lowest BCUT2D eigenvalue weighted by Gasteiger charge is -2.07. The normalized spacial score (nSPS) is 12.0. The van der Waals surface area contributed by atoms with E-state index in [-0.39, 0.29) is 29.4 Å². The van der Waals surface area contributed by atoms with E-state index in [1.165, 1.54) is 12.5 Å². The van der Waals surface area contributed by atoms with Crippen LogP contribution in [0.25, 0.3) is 11.0 Å². The number of sulfone groups is 1. The Kier molecular flexibility index (Phi) is 4.59. The Morgan fingerprint density at radius 3 is 2.75 bits per heavy atom. The van der Waals surface area contributed by atoms with Gasteiger partial charge in [-0.1, -0.05) is 30.3 Å². The van der Waals surface area contributed by atoms with Crippen molar-refractivity contribution in [2.24, 2.45) is 0 Å². The topological polar surface area (TPSA) is 105 Å². The third-order valence-electron chi connectivity index (χ3n) is 3.30. The number of aromatic nitrogens is 3. The molecule has 0 saturated carbocycles. The number of aliphatic hydroxyl groups is 1. The highest BCUT2D eigenvalue weighted by atomic mass is 32.2. The number of nitrogens with zero attached hydrogens (tertiary/aromatic N) is 2. The maximum absolute atomic E-state index is 12.4. The Balaban J connectivity index is 2.00. The number of ether oxygens (including phenoxy) is 1. The molecule has 2 N–H and O–H groups in total. The fourth-order valence-electron chi connectivity index (χ4n) is 2.21. The highest BCUT2D eigenvalue weighted by Gasteiger charge is 2.21. The molecule has 1 aromatic carbocycles. The summed E-state index contributed by atoms with van der Waals surface area (Å²) < 4.78 is 30.4. The molecule has 0 atom stereocenters. The van der Waals surface area contributed by atoms with Crippen molar-refractivity contribution in [3.63, 3.8) is 0 Å². The summed E-state index contributed by atoms with van der Waals surface area (Å²) in [5.41, 5.74) is 1.30. The van der Waals surface area contributed by atoms with Crippen LogP contribution >= 0.6 is 0 Å². The number of hydrogen-bond donors (Lipinski definition) is 2. The molecule has 8 heteroatoms. The molecule has 0 aliphatic carbocycles. The summed E-state index contributed by atoms with van der Waals surface area (Å²) in [6.07, 6.45) is 3.80. The molecule has 3 rings (SSSR count). The minimum atomic E-state index is -3.74. The lowest BCUT2D eigenvalue weighted by molar-refractivity contribution is 0.297. The number of rotatable bonds is 6. The summed E-state index contributed by atoms with van der Waals surface area (Å²) in [5.74, 6) is 0.182. The number of aromatic amines is 1. The molecule has 0 spiro atoms. The zero-order chi connectivity index (χ0) is 17.0. The van der Waals surface area contributed by atoms with Crippen LogP contribution in [0.2, 0.25) is 0 Å². The molecule has 3 aromatic rings. The van der Waals surface area contributed by atoms with Gasteiger partial charge in [0.15, 0.2) is 0 Å². The van der Waals surface area contributed by atoms with Crippen LogP contribution in [-0.4, -0.2) is 35.1 Å². The van der Waals surface area contributed by atoms with Gasteiger partial charge in [-0.05, 0) is 11.6 Å². The predicted molar refractivity (Wildman–Crippen MR) is 88.1 cm³/mol. The van der Waals surface area contributed by atoms with Gasteiger partial charge in [0.2, 0.25) is 15.7 Å². The Morgan fingerprint density at radius 1 is 1.21 bits per heavy atom. The van der Waals surface area contributed by atoms with Crippen molar-refractivity contribution in [2.45, 2.75) is 11.5 Å². The van der Waals surface area contributed by atoms with Crippen LogP contribution in [0.15, 0.2) is 59.2 Å². The first-order chi connectivity index (χ1) is 11.6. The molecule has 24 heavy (non-hydrogen) atoms. The highest BCUT2D eigenvalue weighted by molar-refractivity contribution is 7.94. The van der Waals surface area contributed by atoms with Crippen LogP contribution in [0.3, 0.4) is 0 Å². The maximum atomic E-state index is 12.4. The second-order valence-corrected chi connectivity index (χ2v) is 6.73. The first kappa shape index (κ1) is 16.2. The number of fused-ring (bicyclic) bond motifs is 1. The smallest absolute Gasteiger partial charge is 0.227 e. The van der Waals surface area contributed by atoms with Crippen LogP contribution in [0, 0.1) is 0 Å². The van der Waals surface area contributed by atoms with Gasteiger partial charge in [0.05, 0.1) is 12.0 Å². The van der Waals surface area contributed by atoms with Crippen molar-refractivity contribution in [3.05, 3.63) is 59.9 Å². The standard InChI is InChI=1S/C16H15N3O4S/c20-7-4-8-24(21,22)13-9-17-15-14(13)16(19-11-18-15)23-10-12-5-2-1-3-6-12/h1-6,8-9,11,20H,7,10H2,(H,17,18,19)/b8-4-. The third-order valence-corrected chi connectivity index (χ3v) is 4.79. The molecule has 0 aliphatic heterocycles. The minimum Gasteiger partial charge on any atom is -0.472 e. The van der Waals surface area contributed by atoms with Gasteiger partial charge in [-0.3, -0.25) is 0 Å². The molecular weight excluding hydrogens is 330 g/mol. The van der Waals surface area contributed by atoms with Gasteiger partial charge in [-0.15, -0.1) is 0 Å². The van der Waals surface area contributed by atoms with Crippen LogP contribution < -0.4 is 4.74 Å². The zero-order valence-electron chi connectivity index (χ0n) is 12.6. The van der Waals surface area contributed by atoms with Gasteiger partial charge >= 0.3 is 0 Å². The van der Waals surface area contributed by atoms with E-state index in [2.05, 4.69) is 15.0 Å². The van der Waals surface area contributed by atoms with Crippen molar-refractivity contribution < 1.29 is 18.3 Å². The maximum Gasteiger partial charge on any atom is 0.227 e. The third kappa shape index (κ3) is 3.29. The van der Waals surface area contributed by atoms with E-state index in [4.69, 9.17) is 9.84 Å². The molecule has 0 amide bonds. The SMILES string of the molecule is O=S(=O)(/C=C\CO)c1c[nH]c2ncnc(OCc3ccccc3)c12. The Bertz CT molecular complexity index is 965. The fourth-order valence-corrected chi connectivity index (χ4v) is 3.39. The summed E-state index contributed by atoms with van der Waals surface area (Å²) in [4.78, 5) is 10.9. The Morgan fingerprint density at radius 2 is 2.00 bits per heavy atom. The number of nitrogens with one attached hydrogen (secondary N) is 1. The molecule has 0 aliphatic rings. The predicted octanol–water partition coefficient (Wildman–Crippen LogP) is 1.82. The quantitative estimate of drug-likeness (QED) is 0.706. The molecule has 124 valence electrons. The average molecular weight is 345 g/mol. The van der Waals surface area contributed by atoms with Gasteiger partial charge in [0.25, 0.3) is 0 Å². The number of hydrogen-bond acceptors (Lipinski definition) is 6. The molecule has 0 unspecified atom stereocenters. The average Bonchev–Trinajstić information content (AvgIpc) is 3.05. The van der Waals surface area contributed by atoms with Crippen LogP contribution in [-0.2, 0) is 16.4 Å². The Hall–Kier alpha value is -2.71. The summed E-state index contributed by atoms with van der Waals surface area (Å²) in [7, 11) is -3.74. The van der Waals surface area contributed by atoms with Crippen molar-refractivity contribution in [1.82, 2.24) is 15.0 Å². The monoisotopic (exact) mass is 345 g/mol. The molecule has 2 aromatic heterocycles. The van der Waals surface area contributed by atoms with E-state index >= 15 is 0 Å². The van der Waals surface area contributed by atoms with Crippen molar-refractivity contribution in [2.75, 3.05) is 6.61 Å². The van der Waals surface area contributed by atoms with Gasteiger partial charge in [-0.2, -0.15) is 0 Å². The first-order valence-corrected chi connectivity index (χ1v) is 8.68. The molecule has 2 heterocycles. The van der Waals surface area contributed by atoms with E-state index in [0.29, 0.717) is 5.65 Å². The number of aliphatic hydroxyl groups excluding tert-OH is 1. The molecular formula is C16H15N3O4S. The van der Waals surface area contributed by atoms with Crippen LogP contribution in [0.1, 0.15) is 5.56 Å². The van der Waals surface area contributed by atoms with Crippen LogP contribution in [0.4, 0.5) is 0 Å². The van der Waals surface area contributed by atoms with Gasteiger partial charge in [0.1, 0.15) is 23.5 Å². The lowest BCUT2D eigenvalue weighted by Crippen LogP contribution is -2.01. The molecule has 0 saturated heterocycles. The minimum absolute atomic E-state index is 0.00543. The summed E-state index contributed by atoms with van der Waals surface area (Å²) >= 11 is 0. The molecule has 0 radical (unpaired) electrons. The molecule has 0 fully saturated rings. The second-order valence-electron chi connectivity index (χ2n) is 4.93. The molecule has 7 nitrogen and oxygen atoms in total. The van der Waals surface area contributed by atoms with E-state index < -0.39 is 9.84 Å². The summed E-state index contributed by atoms with van der Waals surface area (Å²) in [6, 6.07) is 9.48. The highest BCUT2D eigenvalue weighted by Crippen LogP contribution is 2.30. The van der Waals surface area contributed by atoms with Crippen molar-refractivity contribution >= 4 is 20.9 Å². The van der Waals surface area contributed by atoms with E-state index in [1.807, 2.05) is 30.3 Å². The first-order valence-electron chi connectivity index (χ1n) is 7.13. The van der Waals surface area contributed by atoms with Gasteiger partial charge in [-0.25, -0.2) is 18.4 Å². The molecule has 0 bridgehead atoms. The van der Waals surface area contributed by atoms with Crippen molar-refractivity contribution in [3.8, 4) is 5.88 Å².